The Morgan fingerprint density at radius 2 is 1.13 bits per heavy atom. The molecule has 4 nitrogen and oxygen atoms in total. The Hall–Kier alpha value is -0.160. The van der Waals surface area contributed by atoms with Crippen molar-refractivity contribution in [3.05, 3.63) is 0 Å². The Kier molecular flexibility index (Phi) is 10.3. The number of hydrogen-bond acceptors (Lipinski definition) is 4. The molecule has 30 heavy (non-hydrogen) atoms. The number of hydrogen-bond donors (Lipinski definition) is 0. The van der Waals surface area contributed by atoms with Crippen molar-refractivity contribution in [1.29, 1.82) is 0 Å². The molecular weight excluding hydrogens is 376 g/mol. The van der Waals surface area contributed by atoms with Gasteiger partial charge in [0.15, 0.2) is 0 Å². The minimum Gasteiger partial charge on any atom is -0.230 e. The zero-order chi connectivity index (χ0) is 23.2. The standard InChI is InChI=1S/C26H52O4/c1-12-13-14-20-15-16-21(27-29-25(8,9)18-23(2,3)4)22(17-20)28-30-26(10,11)19-24(5,6)7/h20-22H,12-19H2,1-11H3. The van der Waals surface area contributed by atoms with Crippen LogP contribution in [0.25, 0.3) is 0 Å². The molecule has 0 amide bonds. The van der Waals surface area contributed by atoms with E-state index in [9.17, 15) is 0 Å². The normalized spacial score (nSPS) is 24.3. The van der Waals surface area contributed by atoms with Gasteiger partial charge in [-0.25, -0.2) is 19.6 Å². The highest BCUT2D eigenvalue weighted by atomic mass is 17.2. The van der Waals surface area contributed by atoms with Crippen LogP contribution in [0.3, 0.4) is 0 Å². The maximum atomic E-state index is 6.08. The lowest BCUT2D eigenvalue weighted by molar-refractivity contribution is -0.441. The summed E-state index contributed by atoms with van der Waals surface area (Å²) in [7, 11) is 0. The molecule has 180 valence electrons. The molecule has 3 unspecified atom stereocenters. The minimum absolute atomic E-state index is 0.0902. The van der Waals surface area contributed by atoms with E-state index in [1.165, 1.54) is 25.7 Å². The van der Waals surface area contributed by atoms with Gasteiger partial charge in [-0.05, 0) is 76.5 Å². The summed E-state index contributed by atoms with van der Waals surface area (Å²) < 4.78 is 0. The van der Waals surface area contributed by atoms with E-state index in [1.807, 2.05) is 0 Å². The van der Waals surface area contributed by atoms with Crippen molar-refractivity contribution in [2.24, 2.45) is 16.7 Å². The molecule has 3 atom stereocenters. The lowest BCUT2D eigenvalue weighted by Crippen LogP contribution is -2.42. The molecule has 0 bridgehead atoms. The highest BCUT2D eigenvalue weighted by molar-refractivity contribution is 4.82. The van der Waals surface area contributed by atoms with Gasteiger partial charge in [-0.3, -0.25) is 0 Å². The predicted molar refractivity (Wildman–Crippen MR) is 125 cm³/mol. The molecular formula is C26H52O4. The van der Waals surface area contributed by atoms with E-state index in [0.29, 0.717) is 5.92 Å². The summed E-state index contributed by atoms with van der Waals surface area (Å²) in [5.41, 5.74) is -0.320. The SMILES string of the molecule is CCCCC1CCC(OOC(C)(C)CC(C)(C)C)C(OOC(C)(C)CC(C)(C)C)C1. The monoisotopic (exact) mass is 428 g/mol. The van der Waals surface area contributed by atoms with Gasteiger partial charge in [-0.1, -0.05) is 67.7 Å². The molecule has 0 aliphatic heterocycles. The van der Waals surface area contributed by atoms with E-state index < -0.39 is 0 Å². The predicted octanol–water partition coefficient (Wildman–Crippen LogP) is 8.04. The molecule has 1 fully saturated rings. The van der Waals surface area contributed by atoms with Crippen LogP contribution in [0.15, 0.2) is 0 Å². The Bertz CT molecular complexity index is 484. The first-order valence-corrected chi connectivity index (χ1v) is 12.2. The van der Waals surface area contributed by atoms with Gasteiger partial charge in [0.25, 0.3) is 0 Å². The van der Waals surface area contributed by atoms with E-state index in [4.69, 9.17) is 19.6 Å². The zero-order valence-electron chi connectivity index (χ0n) is 22.0. The molecule has 1 rings (SSSR count). The van der Waals surface area contributed by atoms with Gasteiger partial charge in [-0.15, -0.1) is 0 Å². The van der Waals surface area contributed by atoms with E-state index in [-0.39, 0.29) is 34.2 Å². The van der Waals surface area contributed by atoms with Crippen molar-refractivity contribution in [2.45, 2.75) is 151 Å². The first kappa shape index (κ1) is 27.9. The molecule has 0 N–H and O–H groups in total. The molecule has 1 aliphatic carbocycles. The fourth-order valence-electron chi connectivity index (χ4n) is 5.15. The van der Waals surface area contributed by atoms with Crippen LogP contribution in [0, 0.1) is 16.7 Å². The van der Waals surface area contributed by atoms with Crippen molar-refractivity contribution >= 4 is 0 Å². The fraction of sp³-hybridized carbons (Fsp3) is 1.00. The molecule has 0 heterocycles. The average Bonchev–Trinajstić information content (AvgIpc) is 2.52. The Balaban J connectivity index is 2.74. The second-order valence-corrected chi connectivity index (χ2v) is 13.3. The first-order chi connectivity index (χ1) is 13.5. The van der Waals surface area contributed by atoms with Crippen LogP contribution in [0.5, 0.6) is 0 Å². The second kappa shape index (κ2) is 11.1. The molecule has 1 aliphatic rings. The summed E-state index contributed by atoms with van der Waals surface area (Å²) in [5.74, 6) is 0.673. The van der Waals surface area contributed by atoms with Crippen LogP contribution in [0.4, 0.5) is 0 Å². The van der Waals surface area contributed by atoms with E-state index in [0.717, 1.165) is 25.7 Å². The fourth-order valence-corrected chi connectivity index (χ4v) is 5.15. The van der Waals surface area contributed by atoms with Crippen LogP contribution in [-0.2, 0) is 19.6 Å². The van der Waals surface area contributed by atoms with Crippen molar-refractivity contribution in [3.8, 4) is 0 Å². The topological polar surface area (TPSA) is 36.9 Å². The summed E-state index contributed by atoms with van der Waals surface area (Å²) in [5, 5.41) is 0. The third-order valence-electron chi connectivity index (χ3n) is 5.51. The summed E-state index contributed by atoms with van der Waals surface area (Å²) in [6, 6.07) is 0. The Labute approximate surface area is 187 Å². The van der Waals surface area contributed by atoms with Gasteiger partial charge in [0.1, 0.15) is 12.2 Å². The quantitative estimate of drug-likeness (QED) is 0.246. The van der Waals surface area contributed by atoms with Crippen molar-refractivity contribution < 1.29 is 19.6 Å². The van der Waals surface area contributed by atoms with Crippen LogP contribution in [0.2, 0.25) is 0 Å². The molecule has 0 radical (unpaired) electrons. The highest BCUT2D eigenvalue weighted by Crippen LogP contribution is 2.36. The van der Waals surface area contributed by atoms with Crippen LogP contribution in [0.1, 0.15) is 128 Å². The largest absolute Gasteiger partial charge is 0.230 e. The second-order valence-electron chi connectivity index (χ2n) is 13.3. The van der Waals surface area contributed by atoms with Gasteiger partial charge in [0, 0.05) is 0 Å². The van der Waals surface area contributed by atoms with Gasteiger partial charge >= 0.3 is 0 Å². The van der Waals surface area contributed by atoms with Crippen LogP contribution in [-0.4, -0.2) is 23.4 Å². The third kappa shape index (κ3) is 12.0. The number of unbranched alkanes of at least 4 members (excludes halogenated alkanes) is 1. The van der Waals surface area contributed by atoms with E-state index in [1.54, 1.807) is 0 Å². The first-order valence-electron chi connectivity index (χ1n) is 12.2. The molecule has 0 aromatic heterocycles. The molecule has 1 saturated carbocycles. The van der Waals surface area contributed by atoms with Gasteiger partial charge in [0.05, 0.1) is 11.2 Å². The molecule has 0 aromatic carbocycles. The molecule has 4 heteroatoms. The van der Waals surface area contributed by atoms with Gasteiger partial charge < -0.3 is 0 Å². The Morgan fingerprint density at radius 3 is 1.57 bits per heavy atom. The van der Waals surface area contributed by atoms with E-state index >= 15 is 0 Å². The molecule has 0 aromatic rings. The van der Waals surface area contributed by atoms with Gasteiger partial charge in [-0.2, -0.15) is 0 Å². The summed E-state index contributed by atoms with van der Waals surface area (Å²) in [4.78, 5) is 24.1. The Morgan fingerprint density at radius 1 is 0.667 bits per heavy atom. The molecule has 0 spiro atoms. The maximum absolute atomic E-state index is 6.08. The van der Waals surface area contributed by atoms with Crippen LogP contribution < -0.4 is 0 Å². The van der Waals surface area contributed by atoms with Gasteiger partial charge in [0.2, 0.25) is 0 Å². The third-order valence-corrected chi connectivity index (χ3v) is 5.51. The summed E-state index contributed by atoms with van der Waals surface area (Å²) in [6.07, 6.45) is 8.52. The molecule has 0 saturated heterocycles. The van der Waals surface area contributed by atoms with Crippen LogP contribution >= 0.6 is 0 Å². The highest BCUT2D eigenvalue weighted by Gasteiger charge is 2.38. The zero-order valence-corrected chi connectivity index (χ0v) is 22.0. The number of rotatable bonds is 11. The lowest BCUT2D eigenvalue weighted by atomic mass is 9.82. The summed E-state index contributed by atoms with van der Waals surface area (Å²) in [6.45, 7) is 24.1. The average molecular weight is 429 g/mol. The smallest absolute Gasteiger partial charge is 0.122 e. The maximum Gasteiger partial charge on any atom is 0.122 e. The van der Waals surface area contributed by atoms with Crippen molar-refractivity contribution in [3.63, 3.8) is 0 Å². The van der Waals surface area contributed by atoms with Crippen molar-refractivity contribution in [1.82, 2.24) is 0 Å². The summed E-state index contributed by atoms with van der Waals surface area (Å²) >= 11 is 0. The lowest BCUT2D eigenvalue weighted by Gasteiger charge is -2.39. The minimum atomic E-state index is -0.342. The van der Waals surface area contributed by atoms with Crippen molar-refractivity contribution in [2.75, 3.05) is 0 Å². The van der Waals surface area contributed by atoms with E-state index in [2.05, 4.69) is 76.2 Å².